The van der Waals surface area contributed by atoms with Gasteiger partial charge in [-0.05, 0) is 58.1 Å². The van der Waals surface area contributed by atoms with E-state index >= 15 is 0 Å². The summed E-state index contributed by atoms with van der Waals surface area (Å²) in [6.07, 6.45) is 3.76. The zero-order valence-corrected chi connectivity index (χ0v) is 22.2. The van der Waals surface area contributed by atoms with Gasteiger partial charge in [-0.15, -0.1) is 0 Å². The Balaban J connectivity index is 1.28. The van der Waals surface area contributed by atoms with Gasteiger partial charge in [0.25, 0.3) is 5.56 Å². The average molecular weight is 514 g/mol. The molecule has 0 spiro atoms. The molecular weight excluding hydrogens is 478 g/mol. The van der Waals surface area contributed by atoms with Crippen LogP contribution in [-0.2, 0) is 13.1 Å². The number of aromatic nitrogens is 3. The van der Waals surface area contributed by atoms with Crippen LogP contribution in [-0.4, -0.2) is 58.0 Å². The summed E-state index contributed by atoms with van der Waals surface area (Å²) >= 11 is 0. The van der Waals surface area contributed by atoms with Gasteiger partial charge in [-0.1, -0.05) is 36.8 Å². The molecule has 2 aromatic carbocycles. The van der Waals surface area contributed by atoms with Gasteiger partial charge >= 0.3 is 0 Å². The van der Waals surface area contributed by atoms with Crippen molar-refractivity contribution in [3.63, 3.8) is 0 Å². The topological polar surface area (TPSA) is 75.6 Å². The standard InChI is InChI=1S/C30H35N5O3/c1-21(25-17-26(32-31-25)22-9-5-3-6-10-22)33(2)19-24-15-23-16-28-29(38-20-37-28)18-27(23)35(30(24)36)14-13-34-11-7-4-8-12-34/h3,5-6,9-10,15-18,21H,4,7-8,11-14,19-20H2,1-2H3,(H,31,32). The minimum atomic E-state index is 0.0496. The van der Waals surface area contributed by atoms with E-state index in [1.807, 2.05) is 41.0 Å². The first-order valence-corrected chi connectivity index (χ1v) is 13.6. The lowest BCUT2D eigenvalue weighted by Gasteiger charge is -2.27. The third kappa shape index (κ3) is 4.93. The Morgan fingerprint density at radius 1 is 1.00 bits per heavy atom. The molecule has 38 heavy (non-hydrogen) atoms. The van der Waals surface area contributed by atoms with Crippen molar-refractivity contribution < 1.29 is 9.47 Å². The van der Waals surface area contributed by atoms with Crippen LogP contribution in [0.15, 0.2) is 59.4 Å². The second kappa shape index (κ2) is 10.6. The molecule has 0 radical (unpaired) electrons. The molecule has 4 aromatic rings. The fraction of sp³-hybridized carbons (Fsp3) is 0.400. The van der Waals surface area contributed by atoms with E-state index in [0.29, 0.717) is 18.8 Å². The quantitative estimate of drug-likeness (QED) is 0.365. The molecule has 2 aromatic heterocycles. The summed E-state index contributed by atoms with van der Waals surface area (Å²) < 4.78 is 13.2. The molecule has 1 N–H and O–H groups in total. The van der Waals surface area contributed by atoms with Crippen molar-refractivity contribution in [1.29, 1.82) is 0 Å². The van der Waals surface area contributed by atoms with Crippen molar-refractivity contribution in [3.8, 4) is 22.8 Å². The Morgan fingerprint density at radius 2 is 1.76 bits per heavy atom. The molecule has 1 unspecified atom stereocenters. The van der Waals surface area contributed by atoms with Crippen LogP contribution < -0.4 is 15.0 Å². The van der Waals surface area contributed by atoms with Crippen LogP contribution in [0.5, 0.6) is 11.5 Å². The summed E-state index contributed by atoms with van der Waals surface area (Å²) in [4.78, 5) is 18.5. The van der Waals surface area contributed by atoms with Gasteiger partial charge in [0.15, 0.2) is 11.5 Å². The molecule has 4 heterocycles. The number of rotatable bonds is 8. The predicted octanol–water partition coefficient (Wildman–Crippen LogP) is 4.80. The van der Waals surface area contributed by atoms with Crippen molar-refractivity contribution in [2.45, 2.75) is 45.3 Å². The summed E-state index contributed by atoms with van der Waals surface area (Å²) in [5.74, 6) is 1.44. The summed E-state index contributed by atoms with van der Waals surface area (Å²) in [6, 6.07) is 18.3. The Hall–Kier alpha value is -3.62. The number of pyridine rings is 1. The highest BCUT2D eigenvalue weighted by molar-refractivity contribution is 5.84. The fourth-order valence-corrected chi connectivity index (χ4v) is 5.54. The summed E-state index contributed by atoms with van der Waals surface area (Å²) in [7, 11) is 2.05. The number of benzene rings is 2. The SMILES string of the molecule is CC(c1cc(-c2ccccc2)n[nH]1)N(C)Cc1cc2cc3c(cc2n(CCN2CCCCC2)c1=O)OCO3. The number of piperidine rings is 1. The molecule has 0 amide bonds. The van der Waals surface area contributed by atoms with Crippen LogP contribution in [0.1, 0.15) is 43.5 Å². The molecule has 1 fully saturated rings. The smallest absolute Gasteiger partial charge is 0.255 e. The zero-order valence-electron chi connectivity index (χ0n) is 22.2. The Kier molecular flexibility index (Phi) is 6.91. The second-order valence-corrected chi connectivity index (χ2v) is 10.5. The number of fused-ring (bicyclic) bond motifs is 2. The van der Waals surface area contributed by atoms with E-state index < -0.39 is 0 Å². The molecule has 2 aliphatic heterocycles. The van der Waals surface area contributed by atoms with E-state index in [0.717, 1.165) is 58.8 Å². The van der Waals surface area contributed by atoms with Crippen LogP contribution in [0.3, 0.4) is 0 Å². The molecule has 0 aliphatic carbocycles. The molecule has 2 aliphatic rings. The lowest BCUT2D eigenvalue weighted by atomic mass is 10.1. The first kappa shape index (κ1) is 24.7. The number of hydrogen-bond donors (Lipinski definition) is 1. The van der Waals surface area contributed by atoms with Crippen LogP contribution in [0.25, 0.3) is 22.2 Å². The van der Waals surface area contributed by atoms with Gasteiger partial charge in [0.1, 0.15) is 0 Å². The van der Waals surface area contributed by atoms with Crippen molar-refractivity contribution >= 4 is 10.9 Å². The lowest BCUT2D eigenvalue weighted by molar-refractivity contribution is 0.174. The number of hydrogen-bond acceptors (Lipinski definition) is 6. The van der Waals surface area contributed by atoms with Gasteiger partial charge in [0.2, 0.25) is 6.79 Å². The number of nitrogens with one attached hydrogen (secondary N) is 1. The highest BCUT2D eigenvalue weighted by Crippen LogP contribution is 2.36. The molecule has 8 heteroatoms. The highest BCUT2D eigenvalue weighted by atomic mass is 16.7. The maximum absolute atomic E-state index is 13.9. The Bertz CT molecular complexity index is 1470. The largest absolute Gasteiger partial charge is 0.454 e. The Labute approximate surface area is 222 Å². The number of aromatic amines is 1. The van der Waals surface area contributed by atoms with Crippen LogP contribution in [0.2, 0.25) is 0 Å². The fourth-order valence-electron chi connectivity index (χ4n) is 5.54. The first-order chi connectivity index (χ1) is 18.6. The molecular formula is C30H35N5O3. The van der Waals surface area contributed by atoms with Gasteiger partial charge in [-0.3, -0.25) is 14.8 Å². The number of nitrogens with zero attached hydrogens (tertiary/aromatic N) is 4. The van der Waals surface area contributed by atoms with Gasteiger partial charge in [-0.25, -0.2) is 0 Å². The van der Waals surface area contributed by atoms with Crippen LogP contribution >= 0.6 is 0 Å². The van der Waals surface area contributed by atoms with Crippen molar-refractivity contribution in [2.24, 2.45) is 0 Å². The third-order valence-electron chi connectivity index (χ3n) is 7.95. The molecule has 1 atom stereocenters. The summed E-state index contributed by atoms with van der Waals surface area (Å²) in [5, 5.41) is 8.72. The van der Waals surface area contributed by atoms with E-state index in [9.17, 15) is 4.79 Å². The van der Waals surface area contributed by atoms with Crippen molar-refractivity contribution in [3.05, 3.63) is 76.2 Å². The first-order valence-electron chi connectivity index (χ1n) is 13.6. The van der Waals surface area contributed by atoms with E-state index in [-0.39, 0.29) is 18.4 Å². The summed E-state index contributed by atoms with van der Waals surface area (Å²) in [5.41, 5.74) is 4.74. The minimum Gasteiger partial charge on any atom is -0.454 e. The minimum absolute atomic E-state index is 0.0496. The normalized spacial score (nSPS) is 16.4. The van der Waals surface area contributed by atoms with Gasteiger partial charge in [0.05, 0.1) is 16.9 Å². The molecule has 0 saturated carbocycles. The molecule has 1 saturated heterocycles. The van der Waals surface area contributed by atoms with Gasteiger partial charge in [0, 0.05) is 48.3 Å². The number of ether oxygens (including phenoxy) is 2. The predicted molar refractivity (Wildman–Crippen MR) is 149 cm³/mol. The second-order valence-electron chi connectivity index (χ2n) is 10.5. The van der Waals surface area contributed by atoms with Crippen molar-refractivity contribution in [1.82, 2.24) is 24.6 Å². The zero-order chi connectivity index (χ0) is 26.1. The van der Waals surface area contributed by atoms with E-state index in [1.54, 1.807) is 0 Å². The lowest BCUT2D eigenvalue weighted by Crippen LogP contribution is -2.36. The molecule has 8 nitrogen and oxygen atoms in total. The highest BCUT2D eigenvalue weighted by Gasteiger charge is 2.21. The van der Waals surface area contributed by atoms with Gasteiger partial charge < -0.3 is 18.9 Å². The van der Waals surface area contributed by atoms with E-state index in [1.165, 1.54) is 19.3 Å². The van der Waals surface area contributed by atoms with Crippen LogP contribution in [0, 0.1) is 0 Å². The monoisotopic (exact) mass is 513 g/mol. The van der Waals surface area contributed by atoms with Crippen molar-refractivity contribution in [2.75, 3.05) is 33.5 Å². The van der Waals surface area contributed by atoms with Crippen LogP contribution in [0.4, 0.5) is 0 Å². The number of H-pyrrole nitrogens is 1. The molecule has 0 bridgehead atoms. The Morgan fingerprint density at radius 3 is 2.55 bits per heavy atom. The number of likely N-dealkylation sites (tertiary alicyclic amines) is 1. The molecule has 6 rings (SSSR count). The average Bonchev–Trinajstić information content (AvgIpc) is 3.62. The maximum atomic E-state index is 13.9. The van der Waals surface area contributed by atoms with E-state index in [4.69, 9.17) is 9.47 Å². The third-order valence-corrected chi connectivity index (χ3v) is 7.95. The summed E-state index contributed by atoms with van der Waals surface area (Å²) in [6.45, 7) is 6.61. The molecule has 198 valence electrons. The van der Waals surface area contributed by atoms with Gasteiger partial charge in [-0.2, -0.15) is 5.10 Å². The van der Waals surface area contributed by atoms with E-state index in [2.05, 4.69) is 52.2 Å². The maximum Gasteiger partial charge on any atom is 0.255 e.